The van der Waals surface area contributed by atoms with Gasteiger partial charge in [-0.2, -0.15) is 0 Å². The summed E-state index contributed by atoms with van der Waals surface area (Å²) >= 11 is 0. The van der Waals surface area contributed by atoms with Gasteiger partial charge in [0.1, 0.15) is 19.3 Å². The highest BCUT2D eigenvalue weighted by molar-refractivity contribution is 5.83. The molecule has 0 aliphatic carbocycles. The third kappa shape index (κ3) is 3.96. The second kappa shape index (κ2) is 8.73. The van der Waals surface area contributed by atoms with Gasteiger partial charge in [0.05, 0.1) is 31.4 Å². The molecule has 5 heterocycles. The van der Waals surface area contributed by atoms with Crippen LogP contribution < -0.4 is 15.0 Å². The number of benzene rings is 1. The zero-order valence-electron chi connectivity index (χ0n) is 18.2. The second-order valence-electron chi connectivity index (χ2n) is 8.54. The molecule has 0 amide bonds. The average Bonchev–Trinajstić information content (AvgIpc) is 3.52. The van der Waals surface area contributed by atoms with Crippen molar-refractivity contribution < 1.29 is 18.9 Å². The monoisotopic (exact) mass is 454 g/mol. The molecule has 1 aromatic carbocycles. The van der Waals surface area contributed by atoms with Crippen molar-refractivity contribution in [2.24, 2.45) is 0 Å². The van der Waals surface area contributed by atoms with Gasteiger partial charge in [-0.1, -0.05) is 0 Å². The number of pyridine rings is 1. The molecule has 0 bridgehead atoms. The molecule has 2 fully saturated rings. The van der Waals surface area contributed by atoms with Crippen molar-refractivity contribution in [3.63, 3.8) is 0 Å². The fourth-order valence-electron chi connectivity index (χ4n) is 4.82. The molecule has 3 aromatic rings. The first-order chi connectivity index (χ1) is 16.3. The third-order valence-electron chi connectivity index (χ3n) is 6.45. The van der Waals surface area contributed by atoms with Gasteiger partial charge in [0.15, 0.2) is 17.3 Å². The number of rotatable bonds is 5. The van der Waals surface area contributed by atoms with E-state index in [0.717, 1.165) is 24.8 Å². The van der Waals surface area contributed by atoms with E-state index >= 15 is 0 Å². The molecule has 174 valence electrons. The molecule has 1 N–H and O–H groups in total. The fourth-order valence-corrected chi connectivity index (χ4v) is 4.82. The van der Waals surface area contributed by atoms with E-state index in [0.29, 0.717) is 74.5 Å². The predicted molar refractivity (Wildman–Crippen MR) is 117 cm³/mol. The lowest BCUT2D eigenvalue weighted by molar-refractivity contribution is 0.0205. The van der Waals surface area contributed by atoms with Crippen LogP contribution in [0.3, 0.4) is 0 Å². The number of nitrogens with one attached hydrogen (secondary N) is 1. The Hall–Kier alpha value is -3.02. The predicted octanol–water partition coefficient (Wildman–Crippen LogP) is 0.886. The van der Waals surface area contributed by atoms with E-state index < -0.39 is 6.04 Å². The number of aromatic amines is 1. The molecule has 11 heteroatoms. The van der Waals surface area contributed by atoms with Crippen LogP contribution >= 0.6 is 0 Å². The normalized spacial score (nSPS) is 22.0. The lowest BCUT2D eigenvalue weighted by Gasteiger charge is -2.33. The Labute approximate surface area is 189 Å². The number of morpholine rings is 1. The fraction of sp³-hybridized carbons (Fsp3) is 0.545. The molecule has 2 aromatic heterocycles. The Bertz CT molecular complexity index is 1200. The smallest absolute Gasteiger partial charge is 0.253 e. The number of H-pyrrole nitrogens is 1. The molecule has 0 spiro atoms. The van der Waals surface area contributed by atoms with E-state index in [1.807, 2.05) is 18.2 Å². The Morgan fingerprint density at radius 2 is 1.88 bits per heavy atom. The summed E-state index contributed by atoms with van der Waals surface area (Å²) in [5.74, 6) is 1.95. The van der Waals surface area contributed by atoms with Crippen LogP contribution in [0.15, 0.2) is 23.0 Å². The first-order valence-corrected chi connectivity index (χ1v) is 11.4. The molecule has 3 aliphatic rings. The molecule has 11 nitrogen and oxygen atoms in total. The van der Waals surface area contributed by atoms with Crippen molar-refractivity contribution in [2.45, 2.75) is 31.5 Å². The Kier molecular flexibility index (Phi) is 5.44. The summed E-state index contributed by atoms with van der Waals surface area (Å²) in [4.78, 5) is 18.6. The quantitative estimate of drug-likeness (QED) is 0.600. The molecule has 0 radical (unpaired) electrons. The van der Waals surface area contributed by atoms with Crippen LogP contribution in [0.4, 0.5) is 0 Å². The van der Waals surface area contributed by atoms with Gasteiger partial charge < -0.3 is 23.9 Å². The molecule has 2 atom stereocenters. The van der Waals surface area contributed by atoms with Crippen molar-refractivity contribution in [1.82, 2.24) is 30.1 Å². The van der Waals surface area contributed by atoms with Gasteiger partial charge in [-0.3, -0.25) is 9.69 Å². The van der Waals surface area contributed by atoms with Crippen LogP contribution in [-0.4, -0.2) is 82.3 Å². The summed E-state index contributed by atoms with van der Waals surface area (Å²) in [6, 6.07) is 5.24. The zero-order valence-corrected chi connectivity index (χ0v) is 18.2. The highest BCUT2D eigenvalue weighted by Crippen LogP contribution is 2.35. The molecule has 3 aliphatic heterocycles. The van der Waals surface area contributed by atoms with Crippen LogP contribution in [0.25, 0.3) is 10.9 Å². The standard InChI is InChI=1S/C22H26N6O5/c29-22-16(10-14-11-18-19(12-17(14)23-22)33-9-8-32-18)20(27-3-6-30-7-4-27)21-24-25-26-28(21)13-15-2-1-5-31-15/h10-12,15,20H,1-9,13H2,(H,23,29). The Morgan fingerprint density at radius 3 is 2.67 bits per heavy atom. The zero-order chi connectivity index (χ0) is 22.2. The summed E-state index contributed by atoms with van der Waals surface area (Å²) in [6.07, 6.45) is 2.09. The highest BCUT2D eigenvalue weighted by atomic mass is 16.6. The average molecular weight is 454 g/mol. The topological polar surface area (TPSA) is 117 Å². The molecular weight excluding hydrogens is 428 g/mol. The number of hydrogen-bond donors (Lipinski definition) is 1. The molecule has 0 saturated carbocycles. The minimum absolute atomic E-state index is 0.0798. The Balaban J connectivity index is 1.44. The van der Waals surface area contributed by atoms with Gasteiger partial charge in [-0.05, 0) is 35.4 Å². The van der Waals surface area contributed by atoms with Crippen molar-refractivity contribution in [3.05, 3.63) is 39.9 Å². The molecular formula is C22H26N6O5. The number of tetrazole rings is 1. The molecule has 2 saturated heterocycles. The van der Waals surface area contributed by atoms with Gasteiger partial charge in [0.25, 0.3) is 5.56 Å². The maximum Gasteiger partial charge on any atom is 0.253 e. The summed E-state index contributed by atoms with van der Waals surface area (Å²) in [5, 5.41) is 13.4. The van der Waals surface area contributed by atoms with Gasteiger partial charge >= 0.3 is 0 Å². The van der Waals surface area contributed by atoms with E-state index in [4.69, 9.17) is 18.9 Å². The van der Waals surface area contributed by atoms with Gasteiger partial charge in [0, 0.05) is 36.7 Å². The lowest BCUT2D eigenvalue weighted by Crippen LogP contribution is -2.42. The SMILES string of the molecule is O=c1[nH]c2cc3c(cc2cc1C(c1nnnn1CC1CCCO1)N1CCOCC1)OCCO3. The van der Waals surface area contributed by atoms with Crippen LogP contribution in [0.2, 0.25) is 0 Å². The molecule has 2 unspecified atom stereocenters. The molecule has 33 heavy (non-hydrogen) atoms. The molecule has 6 rings (SSSR count). The van der Waals surface area contributed by atoms with Crippen LogP contribution in [-0.2, 0) is 16.0 Å². The second-order valence-corrected chi connectivity index (χ2v) is 8.54. The van der Waals surface area contributed by atoms with Crippen LogP contribution in [0, 0.1) is 0 Å². The van der Waals surface area contributed by atoms with Gasteiger partial charge in [-0.25, -0.2) is 4.68 Å². The van der Waals surface area contributed by atoms with Crippen molar-refractivity contribution in [3.8, 4) is 11.5 Å². The first-order valence-electron chi connectivity index (χ1n) is 11.4. The van der Waals surface area contributed by atoms with Gasteiger partial charge in [0.2, 0.25) is 0 Å². The number of nitrogens with zero attached hydrogens (tertiary/aromatic N) is 5. The number of aromatic nitrogens is 5. The Morgan fingerprint density at radius 1 is 1.06 bits per heavy atom. The minimum Gasteiger partial charge on any atom is -0.486 e. The maximum atomic E-state index is 13.3. The third-order valence-corrected chi connectivity index (χ3v) is 6.45. The summed E-state index contributed by atoms with van der Waals surface area (Å²) in [5.41, 5.74) is 1.11. The van der Waals surface area contributed by atoms with E-state index in [2.05, 4.69) is 25.4 Å². The summed E-state index contributed by atoms with van der Waals surface area (Å²) in [7, 11) is 0. The van der Waals surface area contributed by atoms with E-state index in [9.17, 15) is 4.79 Å². The number of fused-ring (bicyclic) bond motifs is 2. The van der Waals surface area contributed by atoms with Crippen LogP contribution in [0.5, 0.6) is 11.5 Å². The van der Waals surface area contributed by atoms with E-state index in [1.54, 1.807) is 4.68 Å². The summed E-state index contributed by atoms with van der Waals surface area (Å²) in [6.45, 7) is 4.85. The lowest BCUT2D eigenvalue weighted by atomic mass is 10.0. The summed E-state index contributed by atoms with van der Waals surface area (Å²) < 4.78 is 24.6. The van der Waals surface area contributed by atoms with Crippen LogP contribution in [0.1, 0.15) is 30.3 Å². The van der Waals surface area contributed by atoms with Crippen molar-refractivity contribution >= 4 is 10.9 Å². The highest BCUT2D eigenvalue weighted by Gasteiger charge is 2.32. The van der Waals surface area contributed by atoms with E-state index in [1.165, 1.54) is 0 Å². The minimum atomic E-state index is -0.411. The van der Waals surface area contributed by atoms with E-state index in [-0.39, 0.29) is 11.7 Å². The maximum absolute atomic E-state index is 13.3. The van der Waals surface area contributed by atoms with Gasteiger partial charge in [-0.15, -0.1) is 5.10 Å². The van der Waals surface area contributed by atoms with Crippen molar-refractivity contribution in [1.29, 1.82) is 0 Å². The first kappa shape index (κ1) is 20.6. The number of ether oxygens (including phenoxy) is 4. The van der Waals surface area contributed by atoms with Crippen molar-refractivity contribution in [2.75, 3.05) is 46.1 Å². The largest absolute Gasteiger partial charge is 0.486 e. The number of hydrogen-bond acceptors (Lipinski definition) is 9.